The molecule has 1 N–H and O–H groups in total. The molecule has 0 aliphatic carbocycles. The van der Waals surface area contributed by atoms with Crippen LogP contribution >= 0.6 is 39.1 Å². The van der Waals surface area contributed by atoms with Crippen molar-refractivity contribution in [3.63, 3.8) is 0 Å². The Morgan fingerprint density at radius 2 is 1.70 bits per heavy atom. The number of anilines is 1. The maximum absolute atomic E-state index is 12.9. The van der Waals surface area contributed by atoms with E-state index in [4.69, 9.17) is 27.9 Å². The first kappa shape index (κ1) is 23.0. The average Bonchev–Trinajstić information content (AvgIpc) is 2.79. The number of nitrogens with one attached hydrogen (secondary N) is 1. The van der Waals surface area contributed by atoms with Crippen LogP contribution in [-0.2, 0) is 16.2 Å². The van der Waals surface area contributed by atoms with E-state index in [0.717, 1.165) is 10.5 Å². The molecule has 1 heterocycles. The normalized spacial score (nSPS) is 15.1. The van der Waals surface area contributed by atoms with Crippen LogP contribution in [0.25, 0.3) is 6.08 Å². The van der Waals surface area contributed by atoms with Crippen molar-refractivity contribution < 1.29 is 19.1 Å². The van der Waals surface area contributed by atoms with Gasteiger partial charge in [-0.15, -0.1) is 0 Å². The molecule has 33 heavy (non-hydrogen) atoms. The first-order valence-electron chi connectivity index (χ1n) is 9.66. The van der Waals surface area contributed by atoms with E-state index >= 15 is 0 Å². The lowest BCUT2D eigenvalue weighted by atomic mass is 10.1. The highest BCUT2D eigenvalue weighted by Crippen LogP contribution is 2.30. The summed E-state index contributed by atoms with van der Waals surface area (Å²) in [5.74, 6) is -0.900. The van der Waals surface area contributed by atoms with E-state index in [1.807, 2.05) is 6.07 Å². The van der Waals surface area contributed by atoms with Gasteiger partial charge in [0.25, 0.3) is 11.8 Å². The third-order valence-corrected chi connectivity index (χ3v) is 6.12. The fourth-order valence-electron chi connectivity index (χ4n) is 3.15. The predicted molar refractivity (Wildman–Crippen MR) is 130 cm³/mol. The Balaban J connectivity index is 1.54. The molecule has 9 heteroatoms. The third-order valence-electron chi connectivity index (χ3n) is 4.76. The van der Waals surface area contributed by atoms with Crippen molar-refractivity contribution in [2.45, 2.75) is 6.61 Å². The van der Waals surface area contributed by atoms with E-state index in [9.17, 15) is 14.4 Å². The van der Waals surface area contributed by atoms with Crippen LogP contribution in [0.3, 0.4) is 0 Å². The molecule has 4 amide bonds. The number of benzene rings is 3. The minimum atomic E-state index is -0.791. The van der Waals surface area contributed by atoms with Crippen LogP contribution in [0.5, 0.6) is 5.75 Å². The molecule has 3 aromatic carbocycles. The Morgan fingerprint density at radius 3 is 2.39 bits per heavy atom. The van der Waals surface area contributed by atoms with E-state index in [1.54, 1.807) is 60.7 Å². The molecule has 1 aliphatic heterocycles. The van der Waals surface area contributed by atoms with Crippen LogP contribution in [-0.4, -0.2) is 17.8 Å². The summed E-state index contributed by atoms with van der Waals surface area (Å²) in [6, 6.07) is 17.9. The number of halogens is 3. The molecular weight excluding hydrogens is 531 g/mol. The third kappa shape index (κ3) is 5.11. The fourth-order valence-corrected chi connectivity index (χ4v) is 3.98. The molecule has 1 aliphatic rings. The molecule has 6 nitrogen and oxygen atoms in total. The number of nitrogens with zero attached hydrogens (tertiary/aromatic N) is 1. The predicted octanol–water partition coefficient (Wildman–Crippen LogP) is 6.00. The number of rotatable bonds is 5. The summed E-state index contributed by atoms with van der Waals surface area (Å²) < 4.78 is 6.45. The molecule has 0 bridgehead atoms. The average molecular weight is 546 g/mol. The van der Waals surface area contributed by atoms with E-state index < -0.39 is 17.8 Å². The second-order valence-corrected chi connectivity index (χ2v) is 8.69. The molecule has 1 saturated heterocycles. The molecular formula is C24H15BrCl2N2O4. The zero-order valence-electron chi connectivity index (χ0n) is 16.8. The summed E-state index contributed by atoms with van der Waals surface area (Å²) in [4.78, 5) is 38.5. The molecule has 0 saturated carbocycles. The SMILES string of the molecule is O=C1NC(=O)N(c2ccccc2)C(=O)/C1=C/c1ccc(OCc2ccc(Cl)c(Cl)c2)c(Br)c1. The van der Waals surface area contributed by atoms with Crippen molar-refractivity contribution in [2.75, 3.05) is 4.90 Å². The van der Waals surface area contributed by atoms with Crippen molar-refractivity contribution in [3.05, 3.63) is 97.9 Å². The Labute approximate surface area is 207 Å². The van der Waals surface area contributed by atoms with Crippen molar-refractivity contribution in [1.29, 1.82) is 0 Å². The maximum Gasteiger partial charge on any atom is 0.335 e. The van der Waals surface area contributed by atoms with Gasteiger partial charge in [-0.25, -0.2) is 9.69 Å². The van der Waals surface area contributed by atoms with Gasteiger partial charge in [-0.1, -0.05) is 53.5 Å². The number of carbonyl (C=O) groups is 3. The van der Waals surface area contributed by atoms with Crippen molar-refractivity contribution in [2.24, 2.45) is 0 Å². The standard InChI is InChI=1S/C24H15BrCl2N2O4/c25-18-11-14(7-9-21(18)33-13-15-6-8-19(26)20(27)12-15)10-17-22(30)28-24(32)29(23(17)31)16-4-2-1-3-5-16/h1-12H,13H2,(H,28,30,32)/b17-10+. The summed E-state index contributed by atoms with van der Waals surface area (Å²) in [6.45, 7) is 0.269. The number of amides is 4. The fraction of sp³-hybridized carbons (Fsp3) is 0.0417. The Hall–Kier alpha value is -3.13. The van der Waals surface area contributed by atoms with Gasteiger partial charge >= 0.3 is 6.03 Å². The summed E-state index contributed by atoms with van der Waals surface area (Å²) in [5.41, 5.74) is 1.63. The lowest BCUT2D eigenvalue weighted by molar-refractivity contribution is -0.122. The second-order valence-electron chi connectivity index (χ2n) is 7.02. The molecule has 0 unspecified atom stereocenters. The van der Waals surface area contributed by atoms with Gasteiger partial charge in [-0.05, 0) is 69.5 Å². The van der Waals surface area contributed by atoms with Crippen LogP contribution in [0, 0.1) is 0 Å². The van der Waals surface area contributed by atoms with E-state index in [-0.39, 0.29) is 12.2 Å². The number of carbonyl (C=O) groups excluding carboxylic acids is 3. The Kier molecular flexibility index (Phi) is 6.83. The van der Waals surface area contributed by atoms with Gasteiger partial charge in [-0.3, -0.25) is 14.9 Å². The first-order chi connectivity index (χ1) is 15.8. The quantitative estimate of drug-likeness (QED) is 0.315. The monoisotopic (exact) mass is 544 g/mol. The highest BCUT2D eigenvalue weighted by Gasteiger charge is 2.36. The van der Waals surface area contributed by atoms with Gasteiger partial charge in [0.15, 0.2) is 0 Å². The van der Waals surface area contributed by atoms with Gasteiger partial charge < -0.3 is 4.74 Å². The summed E-state index contributed by atoms with van der Waals surface area (Å²) in [7, 11) is 0. The van der Waals surface area contributed by atoms with Crippen molar-refractivity contribution >= 4 is 68.7 Å². The molecule has 0 atom stereocenters. The number of hydrogen-bond acceptors (Lipinski definition) is 4. The Bertz CT molecular complexity index is 1290. The number of ether oxygens (including phenoxy) is 1. The second kappa shape index (κ2) is 9.79. The lowest BCUT2D eigenvalue weighted by Gasteiger charge is -2.26. The van der Waals surface area contributed by atoms with Gasteiger partial charge in [0.2, 0.25) is 0 Å². The number of barbiturate groups is 1. The highest BCUT2D eigenvalue weighted by atomic mass is 79.9. The van der Waals surface area contributed by atoms with Gasteiger partial charge in [0, 0.05) is 0 Å². The number of urea groups is 1. The maximum atomic E-state index is 12.9. The zero-order chi connectivity index (χ0) is 23.5. The number of para-hydroxylation sites is 1. The van der Waals surface area contributed by atoms with E-state index in [2.05, 4.69) is 21.2 Å². The highest BCUT2D eigenvalue weighted by molar-refractivity contribution is 9.10. The summed E-state index contributed by atoms with van der Waals surface area (Å²) >= 11 is 15.4. The van der Waals surface area contributed by atoms with Gasteiger partial charge in [0.05, 0.1) is 20.2 Å². The van der Waals surface area contributed by atoms with Crippen LogP contribution in [0.1, 0.15) is 11.1 Å². The van der Waals surface area contributed by atoms with Crippen molar-refractivity contribution in [1.82, 2.24) is 5.32 Å². The molecule has 0 aromatic heterocycles. The number of hydrogen-bond donors (Lipinski definition) is 1. The van der Waals surface area contributed by atoms with Crippen molar-refractivity contribution in [3.8, 4) is 5.75 Å². The van der Waals surface area contributed by atoms with Crippen LogP contribution in [0.15, 0.2) is 76.8 Å². The summed E-state index contributed by atoms with van der Waals surface area (Å²) in [5, 5.41) is 3.11. The molecule has 4 rings (SSSR count). The first-order valence-corrected chi connectivity index (χ1v) is 11.2. The smallest absolute Gasteiger partial charge is 0.335 e. The van der Waals surface area contributed by atoms with Gasteiger partial charge in [-0.2, -0.15) is 0 Å². The van der Waals surface area contributed by atoms with Crippen LogP contribution in [0.2, 0.25) is 10.0 Å². The zero-order valence-corrected chi connectivity index (χ0v) is 19.9. The largest absolute Gasteiger partial charge is 0.488 e. The lowest BCUT2D eigenvalue weighted by Crippen LogP contribution is -2.54. The van der Waals surface area contributed by atoms with E-state index in [1.165, 1.54) is 6.08 Å². The minimum absolute atomic E-state index is 0.158. The number of imide groups is 2. The summed E-state index contributed by atoms with van der Waals surface area (Å²) in [6.07, 6.45) is 1.42. The van der Waals surface area contributed by atoms with Crippen LogP contribution < -0.4 is 15.0 Å². The molecule has 1 fully saturated rings. The van der Waals surface area contributed by atoms with Gasteiger partial charge in [0.1, 0.15) is 17.9 Å². The van der Waals surface area contributed by atoms with E-state index in [0.29, 0.717) is 31.5 Å². The minimum Gasteiger partial charge on any atom is -0.488 e. The van der Waals surface area contributed by atoms with Crippen LogP contribution in [0.4, 0.5) is 10.5 Å². The molecule has 166 valence electrons. The molecule has 0 spiro atoms. The molecule has 0 radical (unpaired) electrons. The molecule has 3 aromatic rings. The topological polar surface area (TPSA) is 75.7 Å². The Morgan fingerprint density at radius 1 is 0.939 bits per heavy atom.